The number of halogens is 2. The first-order valence-corrected chi connectivity index (χ1v) is 5.19. The lowest BCUT2D eigenvalue weighted by Gasteiger charge is -2.22. The number of aliphatic hydroxyl groups is 1. The SMILES string of the molecule is NNc1cnccc1C(=O)N(CCO)CC(F)F. The van der Waals surface area contributed by atoms with E-state index in [2.05, 4.69) is 10.4 Å². The van der Waals surface area contributed by atoms with Crippen molar-refractivity contribution in [2.45, 2.75) is 6.43 Å². The van der Waals surface area contributed by atoms with E-state index in [1.54, 1.807) is 0 Å². The lowest BCUT2D eigenvalue weighted by molar-refractivity contribution is 0.0510. The maximum absolute atomic E-state index is 12.3. The first kappa shape index (κ1) is 14.3. The van der Waals surface area contributed by atoms with Crippen LogP contribution in [-0.2, 0) is 0 Å². The number of carbonyl (C=O) groups excluding carboxylic acids is 1. The molecule has 0 fully saturated rings. The molecule has 0 radical (unpaired) electrons. The van der Waals surface area contributed by atoms with Crippen molar-refractivity contribution >= 4 is 11.6 Å². The van der Waals surface area contributed by atoms with Gasteiger partial charge in [-0.1, -0.05) is 0 Å². The molecule has 18 heavy (non-hydrogen) atoms. The molecule has 6 nitrogen and oxygen atoms in total. The lowest BCUT2D eigenvalue weighted by Crippen LogP contribution is -2.37. The van der Waals surface area contributed by atoms with E-state index in [4.69, 9.17) is 10.9 Å². The maximum atomic E-state index is 12.3. The summed E-state index contributed by atoms with van der Waals surface area (Å²) >= 11 is 0. The average Bonchev–Trinajstić information content (AvgIpc) is 2.37. The molecule has 100 valence electrons. The number of nitrogen functional groups attached to an aromatic ring is 1. The summed E-state index contributed by atoms with van der Waals surface area (Å²) in [6.45, 7) is -1.31. The van der Waals surface area contributed by atoms with Crippen LogP contribution in [0.25, 0.3) is 0 Å². The largest absolute Gasteiger partial charge is 0.395 e. The second-order valence-corrected chi connectivity index (χ2v) is 3.43. The number of nitrogens with zero attached hydrogens (tertiary/aromatic N) is 2. The molecule has 0 bridgehead atoms. The molecule has 1 rings (SSSR count). The first-order valence-electron chi connectivity index (χ1n) is 5.19. The number of alkyl halides is 2. The second-order valence-electron chi connectivity index (χ2n) is 3.43. The van der Waals surface area contributed by atoms with Crippen molar-refractivity contribution in [3.8, 4) is 0 Å². The fourth-order valence-electron chi connectivity index (χ4n) is 1.43. The Balaban J connectivity index is 2.94. The zero-order chi connectivity index (χ0) is 13.5. The van der Waals surface area contributed by atoms with Crippen LogP contribution in [0.4, 0.5) is 14.5 Å². The van der Waals surface area contributed by atoms with Crippen LogP contribution in [0.5, 0.6) is 0 Å². The summed E-state index contributed by atoms with van der Waals surface area (Å²) < 4.78 is 24.7. The maximum Gasteiger partial charge on any atom is 0.256 e. The van der Waals surface area contributed by atoms with E-state index >= 15 is 0 Å². The molecule has 8 heteroatoms. The topological polar surface area (TPSA) is 91.5 Å². The molecule has 1 aromatic heterocycles. The summed E-state index contributed by atoms with van der Waals surface area (Å²) in [7, 11) is 0. The van der Waals surface area contributed by atoms with Crippen molar-refractivity contribution in [1.29, 1.82) is 0 Å². The van der Waals surface area contributed by atoms with Crippen LogP contribution < -0.4 is 11.3 Å². The predicted molar refractivity (Wildman–Crippen MR) is 61.0 cm³/mol. The second kappa shape index (κ2) is 6.82. The quantitative estimate of drug-likeness (QED) is 0.497. The number of carbonyl (C=O) groups is 1. The number of hydrogen-bond acceptors (Lipinski definition) is 5. The van der Waals surface area contributed by atoms with E-state index in [1.807, 2.05) is 0 Å². The van der Waals surface area contributed by atoms with E-state index in [1.165, 1.54) is 18.5 Å². The van der Waals surface area contributed by atoms with Crippen LogP contribution >= 0.6 is 0 Å². The van der Waals surface area contributed by atoms with Gasteiger partial charge >= 0.3 is 0 Å². The molecular weight excluding hydrogens is 246 g/mol. The number of aliphatic hydroxyl groups excluding tert-OH is 1. The smallest absolute Gasteiger partial charge is 0.256 e. The Morgan fingerprint density at radius 1 is 1.61 bits per heavy atom. The number of rotatable bonds is 6. The highest BCUT2D eigenvalue weighted by Gasteiger charge is 2.21. The van der Waals surface area contributed by atoms with Gasteiger partial charge in [0.05, 0.1) is 30.6 Å². The normalized spacial score (nSPS) is 10.5. The summed E-state index contributed by atoms with van der Waals surface area (Å²) in [4.78, 5) is 16.6. The van der Waals surface area contributed by atoms with Crippen LogP contribution in [0.15, 0.2) is 18.5 Å². The van der Waals surface area contributed by atoms with Crippen molar-refractivity contribution in [3.63, 3.8) is 0 Å². The van der Waals surface area contributed by atoms with Crippen molar-refractivity contribution in [3.05, 3.63) is 24.0 Å². The van der Waals surface area contributed by atoms with Crippen molar-refractivity contribution < 1.29 is 18.7 Å². The number of nitrogens with one attached hydrogen (secondary N) is 1. The molecule has 0 spiro atoms. The van der Waals surface area contributed by atoms with E-state index in [0.717, 1.165) is 4.90 Å². The first-order chi connectivity index (χ1) is 8.60. The van der Waals surface area contributed by atoms with Gasteiger partial charge in [-0.3, -0.25) is 15.6 Å². The van der Waals surface area contributed by atoms with Gasteiger partial charge in [0.1, 0.15) is 0 Å². The average molecular weight is 260 g/mol. The third-order valence-electron chi connectivity index (χ3n) is 2.22. The summed E-state index contributed by atoms with van der Waals surface area (Å²) in [5.74, 6) is 4.57. The van der Waals surface area contributed by atoms with E-state index in [9.17, 15) is 13.6 Å². The van der Waals surface area contributed by atoms with Crippen molar-refractivity contribution in [2.75, 3.05) is 25.1 Å². The Morgan fingerprint density at radius 3 is 2.89 bits per heavy atom. The predicted octanol–water partition coefficient (Wildman–Crippen LogP) is 0.0668. The molecule has 0 aliphatic heterocycles. The molecule has 0 unspecified atom stereocenters. The van der Waals surface area contributed by atoms with E-state index in [0.29, 0.717) is 0 Å². The highest BCUT2D eigenvalue weighted by atomic mass is 19.3. The van der Waals surface area contributed by atoms with Gasteiger partial charge in [-0.05, 0) is 6.07 Å². The van der Waals surface area contributed by atoms with Crippen molar-refractivity contribution in [2.24, 2.45) is 5.84 Å². The number of pyridine rings is 1. The Labute approximate surface area is 102 Å². The number of amides is 1. The minimum Gasteiger partial charge on any atom is -0.395 e. The highest BCUT2D eigenvalue weighted by molar-refractivity contribution is 5.99. The highest BCUT2D eigenvalue weighted by Crippen LogP contribution is 2.15. The molecular formula is C10H14F2N4O2. The van der Waals surface area contributed by atoms with Crippen LogP contribution in [0.3, 0.4) is 0 Å². The van der Waals surface area contributed by atoms with Crippen LogP contribution in [0.2, 0.25) is 0 Å². The Kier molecular flexibility index (Phi) is 5.40. The summed E-state index contributed by atoms with van der Waals surface area (Å²) in [5, 5.41) is 8.78. The number of anilines is 1. The number of hydrogen-bond donors (Lipinski definition) is 3. The van der Waals surface area contributed by atoms with Gasteiger partial charge in [0, 0.05) is 12.7 Å². The fourth-order valence-corrected chi connectivity index (χ4v) is 1.43. The number of hydrazine groups is 1. The molecule has 4 N–H and O–H groups in total. The molecule has 1 aromatic rings. The van der Waals surface area contributed by atoms with Gasteiger partial charge in [0.2, 0.25) is 0 Å². The van der Waals surface area contributed by atoms with Gasteiger partial charge in [-0.25, -0.2) is 8.78 Å². The third-order valence-corrected chi connectivity index (χ3v) is 2.22. The van der Waals surface area contributed by atoms with Crippen LogP contribution in [-0.4, -0.2) is 47.0 Å². The van der Waals surface area contributed by atoms with Crippen LogP contribution in [0.1, 0.15) is 10.4 Å². The zero-order valence-electron chi connectivity index (χ0n) is 9.51. The Morgan fingerprint density at radius 2 is 2.33 bits per heavy atom. The summed E-state index contributed by atoms with van der Waals surface area (Å²) in [6, 6.07) is 1.37. The van der Waals surface area contributed by atoms with Gasteiger partial charge in [-0.2, -0.15) is 0 Å². The molecule has 0 saturated heterocycles. The molecule has 0 aromatic carbocycles. The van der Waals surface area contributed by atoms with Gasteiger partial charge in [-0.15, -0.1) is 0 Å². The molecule has 0 aliphatic rings. The number of nitrogens with two attached hydrogens (primary N) is 1. The molecule has 0 atom stereocenters. The lowest BCUT2D eigenvalue weighted by atomic mass is 10.2. The summed E-state index contributed by atoms with van der Waals surface area (Å²) in [5.41, 5.74) is 2.63. The minimum absolute atomic E-state index is 0.126. The monoisotopic (exact) mass is 260 g/mol. The Hall–Kier alpha value is -1.80. The van der Waals surface area contributed by atoms with Crippen molar-refractivity contribution in [1.82, 2.24) is 9.88 Å². The zero-order valence-corrected chi connectivity index (χ0v) is 9.51. The van der Waals surface area contributed by atoms with Gasteiger partial charge in [0.15, 0.2) is 0 Å². The number of aromatic nitrogens is 1. The molecule has 0 saturated carbocycles. The molecule has 1 amide bonds. The van der Waals surface area contributed by atoms with Gasteiger partial charge in [0.25, 0.3) is 12.3 Å². The van der Waals surface area contributed by atoms with E-state index < -0.39 is 25.5 Å². The Bertz CT molecular complexity index is 403. The van der Waals surface area contributed by atoms with Gasteiger partial charge < -0.3 is 15.4 Å². The van der Waals surface area contributed by atoms with Crippen LogP contribution in [0, 0.1) is 0 Å². The molecule has 1 heterocycles. The molecule has 0 aliphatic carbocycles. The minimum atomic E-state index is -2.67. The van der Waals surface area contributed by atoms with E-state index in [-0.39, 0.29) is 17.8 Å². The third kappa shape index (κ3) is 3.60. The summed E-state index contributed by atoms with van der Waals surface area (Å²) in [6.07, 6.45) is -0.00282. The fraction of sp³-hybridized carbons (Fsp3) is 0.400. The standard InChI is InChI=1S/C10H14F2N4O2/c11-9(12)6-16(3-4-17)10(18)7-1-2-14-5-8(7)15-13/h1-2,5,9,15,17H,3-4,6,13H2.